The lowest BCUT2D eigenvalue weighted by Gasteiger charge is -2.33. The van der Waals surface area contributed by atoms with Crippen molar-refractivity contribution >= 4 is 40.9 Å². The molecule has 0 spiro atoms. The normalized spacial score (nSPS) is 13.4. The Morgan fingerprint density at radius 2 is 0.921 bits per heavy atom. The first kappa shape index (κ1) is 56.2. The molecule has 0 saturated heterocycles. The number of nitrogens with zero attached hydrogens (tertiary/aromatic N) is 1. The largest absolute Gasteiger partial charge is 0.488 e. The van der Waals surface area contributed by atoms with Crippen LogP contribution in [0.3, 0.4) is 0 Å². The van der Waals surface area contributed by atoms with E-state index in [9.17, 15) is 69.6 Å². The number of carbonyl (C=O) groups is 6. The lowest BCUT2D eigenvalue weighted by Crippen LogP contribution is -2.41. The quantitative estimate of drug-likeness (QED) is 0.0650. The van der Waals surface area contributed by atoms with Crippen LogP contribution in [0.25, 0.3) is 0 Å². The van der Waals surface area contributed by atoms with Crippen LogP contribution in [-0.4, -0.2) is 159 Å². The van der Waals surface area contributed by atoms with E-state index in [2.05, 4.69) is 16.0 Å². The van der Waals surface area contributed by atoms with Gasteiger partial charge in [0.2, 0.25) is 5.91 Å². The van der Waals surface area contributed by atoms with Gasteiger partial charge >= 0.3 is 0 Å². The van der Waals surface area contributed by atoms with Crippen LogP contribution < -0.4 is 25.6 Å². The topological polar surface area (TPSA) is 313 Å². The molecule has 2 aromatic carbocycles. The average molecular weight is 893 g/mol. The van der Waals surface area contributed by atoms with E-state index in [4.69, 9.17) is 4.74 Å². The summed E-state index contributed by atoms with van der Waals surface area (Å²) in [5, 5.41) is 84.7. The van der Waals surface area contributed by atoms with Gasteiger partial charge in [0.05, 0.1) is 68.6 Å². The van der Waals surface area contributed by atoms with Gasteiger partial charge in [-0.05, 0) is 102 Å². The number of anilines is 1. The first-order valence-electron chi connectivity index (χ1n) is 20.7. The Hall–Kier alpha value is -4.86. The highest BCUT2D eigenvalue weighted by molar-refractivity contribution is 6.08. The highest BCUT2D eigenvalue weighted by atomic mass is 16.5. The Bertz CT molecular complexity index is 1880. The minimum absolute atomic E-state index is 0.00392. The van der Waals surface area contributed by atoms with E-state index in [0.29, 0.717) is 11.1 Å². The van der Waals surface area contributed by atoms with Crippen LogP contribution in [0, 0.1) is 41.5 Å². The Balaban J connectivity index is 0.00000474. The van der Waals surface area contributed by atoms with Crippen molar-refractivity contribution in [1.29, 1.82) is 0 Å². The van der Waals surface area contributed by atoms with Crippen LogP contribution in [0.15, 0.2) is 0 Å². The summed E-state index contributed by atoms with van der Waals surface area (Å²) in [6.45, 7) is 12.1. The van der Waals surface area contributed by atoms with Gasteiger partial charge in [0.15, 0.2) is 5.78 Å². The van der Waals surface area contributed by atoms with Crippen LogP contribution in [-0.2, 0) is 9.59 Å². The van der Waals surface area contributed by atoms with Gasteiger partial charge in [-0.2, -0.15) is 0 Å². The molecule has 0 heterocycles. The number of benzene rings is 2. The average Bonchev–Trinajstić information content (AvgIpc) is 3.23. The molecule has 4 amide bonds. The van der Waals surface area contributed by atoms with E-state index in [1.54, 1.807) is 41.5 Å². The summed E-state index contributed by atoms with van der Waals surface area (Å²) >= 11 is 0. The summed E-state index contributed by atoms with van der Waals surface area (Å²) in [5.74, 6) is -2.80. The predicted octanol–water partition coefficient (Wildman–Crippen LogP) is -0.0920. The number of hydrogen-bond acceptors (Lipinski definition) is 15. The van der Waals surface area contributed by atoms with E-state index in [1.165, 1.54) is 32.6 Å². The second-order valence-electron chi connectivity index (χ2n) is 15.6. The zero-order chi connectivity index (χ0) is 48.5. The first-order chi connectivity index (χ1) is 29.4. The molecule has 354 valence electrons. The molecule has 0 aliphatic heterocycles. The second kappa shape index (κ2) is 26.7. The molecule has 19 heteroatoms. The number of nitrogens with one attached hydrogen (secondary N) is 3. The fraction of sp³-hybridized carbons (Fsp3) is 0.591. The number of ether oxygens (including phenoxy) is 1. The molecule has 11 N–H and O–H groups in total. The van der Waals surface area contributed by atoms with E-state index in [1.807, 2.05) is 0 Å². The lowest BCUT2D eigenvalue weighted by atomic mass is 9.88. The minimum Gasteiger partial charge on any atom is -0.488 e. The van der Waals surface area contributed by atoms with E-state index >= 15 is 0 Å². The highest BCUT2D eigenvalue weighted by Gasteiger charge is 2.33. The van der Waals surface area contributed by atoms with Gasteiger partial charge < -0.3 is 71.2 Å². The molecule has 0 fully saturated rings. The molecule has 5 atom stereocenters. The zero-order valence-corrected chi connectivity index (χ0v) is 38.0. The van der Waals surface area contributed by atoms with Gasteiger partial charge in [0.25, 0.3) is 17.7 Å². The van der Waals surface area contributed by atoms with Crippen LogP contribution in [0.1, 0.15) is 122 Å². The minimum atomic E-state index is -1.28. The third-order valence-corrected chi connectivity index (χ3v) is 10.2. The number of carbonyl (C=O) groups excluding carboxylic acids is 6. The first-order valence-corrected chi connectivity index (χ1v) is 20.7. The highest BCUT2D eigenvalue weighted by Crippen LogP contribution is 2.38. The standard InChI is InChI=1S/C41H62N4O14.C3H6O/c1-9-31(59-38-21(3)20(2)33(39(56)42-12-28(52)17-47)23(5)36(38)32(55)11-10-27(51)16-46)15-45(26(8)50)37-24(6)34(40(57)43-13-29(53)18-48)22(4)35(25(37)7)41(58)44-14-30(54)19-49;1-3(2)4/h27-31,46-49,51-54H,9-19H2,1-8H3,(H,42,56)(H,43,57)(H,44,58);1-2H3. The summed E-state index contributed by atoms with van der Waals surface area (Å²) < 4.78 is 6.61. The summed E-state index contributed by atoms with van der Waals surface area (Å²) in [6, 6.07) is 0. The van der Waals surface area contributed by atoms with Crippen molar-refractivity contribution < 1.29 is 74.4 Å². The van der Waals surface area contributed by atoms with Crippen molar-refractivity contribution in [3.05, 3.63) is 55.6 Å². The van der Waals surface area contributed by atoms with Crippen LogP contribution in [0.5, 0.6) is 5.75 Å². The van der Waals surface area contributed by atoms with Crippen LogP contribution in [0.4, 0.5) is 5.69 Å². The van der Waals surface area contributed by atoms with Crippen molar-refractivity contribution in [2.24, 2.45) is 0 Å². The van der Waals surface area contributed by atoms with Crippen LogP contribution in [0.2, 0.25) is 0 Å². The van der Waals surface area contributed by atoms with Crippen molar-refractivity contribution in [3.8, 4) is 5.75 Å². The molecule has 0 radical (unpaired) electrons. The third kappa shape index (κ3) is 15.7. The Morgan fingerprint density at radius 3 is 1.27 bits per heavy atom. The maximum absolute atomic E-state index is 14.0. The zero-order valence-electron chi connectivity index (χ0n) is 38.0. The Morgan fingerprint density at radius 1 is 0.556 bits per heavy atom. The monoisotopic (exact) mass is 892 g/mol. The summed E-state index contributed by atoms with van der Waals surface area (Å²) in [4.78, 5) is 79.2. The number of aliphatic hydroxyl groups is 8. The number of Topliss-reactive ketones (excluding diaryl/α,β-unsaturated/α-hetero) is 2. The molecule has 63 heavy (non-hydrogen) atoms. The van der Waals surface area contributed by atoms with Gasteiger partial charge in [-0.3, -0.25) is 24.0 Å². The number of rotatable bonds is 23. The van der Waals surface area contributed by atoms with E-state index < -0.39 is 86.4 Å². The smallest absolute Gasteiger partial charge is 0.252 e. The molecular formula is C44H68N4O15. The molecule has 2 aromatic rings. The van der Waals surface area contributed by atoms with Crippen molar-refractivity contribution in [1.82, 2.24) is 16.0 Å². The van der Waals surface area contributed by atoms with Gasteiger partial charge in [-0.25, -0.2) is 0 Å². The van der Waals surface area contributed by atoms with E-state index in [0.717, 1.165) is 0 Å². The fourth-order valence-electron chi connectivity index (χ4n) is 6.84. The van der Waals surface area contributed by atoms with Crippen molar-refractivity contribution in [2.45, 2.75) is 119 Å². The maximum atomic E-state index is 14.0. The molecule has 2 rings (SSSR count). The number of ketones is 2. The van der Waals surface area contributed by atoms with Gasteiger partial charge in [-0.15, -0.1) is 0 Å². The molecule has 0 saturated carbocycles. The maximum Gasteiger partial charge on any atom is 0.252 e. The van der Waals surface area contributed by atoms with Crippen LogP contribution >= 0.6 is 0 Å². The molecule has 0 aliphatic rings. The Labute approximate surface area is 368 Å². The third-order valence-electron chi connectivity index (χ3n) is 10.2. The van der Waals surface area contributed by atoms with Gasteiger partial charge in [-0.1, -0.05) is 6.92 Å². The molecule has 0 aliphatic carbocycles. The molecule has 0 aromatic heterocycles. The van der Waals surface area contributed by atoms with Gasteiger partial charge in [0.1, 0.15) is 17.6 Å². The lowest BCUT2D eigenvalue weighted by molar-refractivity contribution is -0.117. The Kier molecular flexibility index (Phi) is 23.8. The SMILES string of the molecule is CC(C)=O.CCC(CN(C(C)=O)c1c(C)c(C(=O)NCC(O)CO)c(C)c(C(=O)NCC(O)CO)c1C)Oc1c(C)c(C)c(C(=O)NCC(O)CO)c(C)c1C(=O)CCC(O)CO. The molecular weight excluding hydrogens is 824 g/mol. The number of hydrogen-bond donors (Lipinski definition) is 11. The van der Waals surface area contributed by atoms with Crippen molar-refractivity contribution in [2.75, 3.05) is 57.5 Å². The fourth-order valence-corrected chi connectivity index (χ4v) is 6.84. The van der Waals surface area contributed by atoms with Crippen molar-refractivity contribution in [3.63, 3.8) is 0 Å². The number of aliphatic hydroxyl groups excluding tert-OH is 8. The molecule has 0 bridgehead atoms. The summed E-state index contributed by atoms with van der Waals surface area (Å²) in [5.41, 5.74) is 2.20. The van der Waals surface area contributed by atoms with Gasteiger partial charge in [0, 0.05) is 49.7 Å². The molecule has 5 unspecified atom stereocenters. The number of amides is 4. The molecule has 19 nitrogen and oxygen atoms in total. The summed E-state index contributed by atoms with van der Waals surface area (Å²) in [7, 11) is 0. The summed E-state index contributed by atoms with van der Waals surface area (Å²) in [6.07, 6.45) is -5.92. The second-order valence-corrected chi connectivity index (χ2v) is 15.6. The van der Waals surface area contributed by atoms with E-state index in [-0.39, 0.29) is 107 Å². The predicted molar refractivity (Wildman–Crippen MR) is 233 cm³/mol.